The Kier molecular flexibility index (Phi) is 5.50. The lowest BCUT2D eigenvalue weighted by atomic mass is 10.4. The summed E-state index contributed by atoms with van der Waals surface area (Å²) < 4.78 is 22.6. The average Bonchev–Trinajstić information content (AvgIpc) is 2.00. The van der Waals surface area contributed by atoms with Crippen molar-refractivity contribution in [2.75, 3.05) is 18.6 Å². The lowest BCUT2D eigenvalue weighted by Gasteiger charge is -2.09. The number of hydrogen-bond acceptors (Lipinski definition) is 3. The highest BCUT2D eigenvalue weighted by Crippen LogP contribution is 1.99. The smallest absolute Gasteiger partial charge is 0.151 e. The van der Waals surface area contributed by atoms with Gasteiger partial charge in [0.15, 0.2) is 9.84 Å². The van der Waals surface area contributed by atoms with Gasteiger partial charge < -0.3 is 5.32 Å². The maximum atomic E-state index is 11.3. The van der Waals surface area contributed by atoms with Crippen LogP contribution in [0, 0.1) is 0 Å². The van der Waals surface area contributed by atoms with Crippen LogP contribution in [0.1, 0.15) is 26.7 Å². The third-order valence-corrected chi connectivity index (χ3v) is 3.72. The molecule has 1 unspecified atom stereocenters. The van der Waals surface area contributed by atoms with Crippen molar-refractivity contribution in [1.29, 1.82) is 0 Å². The van der Waals surface area contributed by atoms with Crippen LogP contribution in [0.2, 0.25) is 0 Å². The summed E-state index contributed by atoms with van der Waals surface area (Å²) in [7, 11) is -1.04. The van der Waals surface area contributed by atoms with Crippen LogP contribution < -0.4 is 5.32 Å². The van der Waals surface area contributed by atoms with Crippen LogP contribution in [0.4, 0.5) is 0 Å². The van der Waals surface area contributed by atoms with E-state index in [9.17, 15) is 8.42 Å². The minimum atomic E-state index is -2.82. The maximum Gasteiger partial charge on any atom is 0.151 e. The molecule has 12 heavy (non-hydrogen) atoms. The van der Waals surface area contributed by atoms with E-state index in [1.54, 1.807) is 7.05 Å². The Morgan fingerprint density at radius 3 is 2.42 bits per heavy atom. The van der Waals surface area contributed by atoms with E-state index < -0.39 is 9.84 Å². The zero-order chi connectivity index (χ0) is 9.61. The molecular weight excluding hydrogens is 174 g/mol. The van der Waals surface area contributed by atoms with Crippen molar-refractivity contribution in [3.05, 3.63) is 0 Å². The Morgan fingerprint density at radius 2 is 2.00 bits per heavy atom. The normalized spacial score (nSPS) is 14.6. The summed E-state index contributed by atoms with van der Waals surface area (Å²) in [6, 6.07) is 0.0619. The molecule has 0 aromatic heterocycles. The second-order valence-electron chi connectivity index (χ2n) is 3.16. The highest BCUT2D eigenvalue weighted by atomic mass is 32.2. The predicted octanol–water partition coefficient (Wildman–Crippen LogP) is 0.809. The number of hydrogen-bond donors (Lipinski definition) is 1. The molecule has 0 saturated carbocycles. The van der Waals surface area contributed by atoms with Crippen LogP contribution in [0.3, 0.4) is 0 Å². The Morgan fingerprint density at radius 1 is 1.42 bits per heavy atom. The lowest BCUT2D eigenvalue weighted by molar-refractivity contribution is 0.575. The summed E-state index contributed by atoms with van der Waals surface area (Å²) in [6.07, 6.45) is 1.71. The van der Waals surface area contributed by atoms with E-state index in [0.717, 1.165) is 12.8 Å². The molecule has 0 aliphatic rings. The molecular formula is C8H19NO2S. The molecule has 0 heterocycles. The average molecular weight is 193 g/mol. The van der Waals surface area contributed by atoms with Gasteiger partial charge in [0.2, 0.25) is 0 Å². The van der Waals surface area contributed by atoms with E-state index >= 15 is 0 Å². The van der Waals surface area contributed by atoms with Crippen molar-refractivity contribution >= 4 is 9.84 Å². The highest BCUT2D eigenvalue weighted by Gasteiger charge is 2.13. The summed E-state index contributed by atoms with van der Waals surface area (Å²) in [5, 5.41) is 2.92. The van der Waals surface area contributed by atoms with Gasteiger partial charge in [0.1, 0.15) is 0 Å². The predicted molar refractivity (Wildman–Crippen MR) is 52.1 cm³/mol. The van der Waals surface area contributed by atoms with Crippen LogP contribution >= 0.6 is 0 Å². The number of rotatable bonds is 6. The Balaban J connectivity index is 3.88. The second-order valence-corrected chi connectivity index (χ2v) is 5.39. The summed E-state index contributed by atoms with van der Waals surface area (Å²) >= 11 is 0. The molecule has 0 aromatic rings. The first-order valence-corrected chi connectivity index (χ1v) is 6.21. The van der Waals surface area contributed by atoms with Gasteiger partial charge in [0, 0.05) is 6.04 Å². The summed E-state index contributed by atoms with van der Waals surface area (Å²) in [6.45, 7) is 3.88. The molecule has 1 N–H and O–H groups in total. The second kappa shape index (κ2) is 5.54. The van der Waals surface area contributed by atoms with Crippen molar-refractivity contribution in [1.82, 2.24) is 5.32 Å². The first-order valence-electron chi connectivity index (χ1n) is 4.39. The molecule has 0 saturated heterocycles. The number of sulfone groups is 1. The molecule has 0 amide bonds. The van der Waals surface area contributed by atoms with Crippen molar-refractivity contribution in [3.63, 3.8) is 0 Å². The summed E-state index contributed by atoms with van der Waals surface area (Å²) in [5.41, 5.74) is 0. The van der Waals surface area contributed by atoms with Gasteiger partial charge in [-0.05, 0) is 20.4 Å². The van der Waals surface area contributed by atoms with E-state index in [4.69, 9.17) is 0 Å². The highest BCUT2D eigenvalue weighted by molar-refractivity contribution is 7.91. The fraction of sp³-hybridized carbons (Fsp3) is 1.00. The van der Waals surface area contributed by atoms with Gasteiger partial charge in [0.05, 0.1) is 11.5 Å². The number of nitrogens with one attached hydrogen (secondary N) is 1. The molecule has 0 bridgehead atoms. The van der Waals surface area contributed by atoms with E-state index in [-0.39, 0.29) is 11.8 Å². The van der Waals surface area contributed by atoms with Gasteiger partial charge in [-0.2, -0.15) is 0 Å². The molecule has 0 aliphatic carbocycles. The van der Waals surface area contributed by atoms with Crippen molar-refractivity contribution < 1.29 is 8.42 Å². The number of unbranched alkanes of at least 4 members (excludes halogenated alkanes) is 1. The Hall–Kier alpha value is -0.0900. The van der Waals surface area contributed by atoms with Gasteiger partial charge in [0.25, 0.3) is 0 Å². The SMILES string of the molecule is CCCCS(=O)(=O)CC(C)NC. The first-order chi connectivity index (χ1) is 5.52. The molecule has 74 valence electrons. The van der Waals surface area contributed by atoms with E-state index in [0.29, 0.717) is 5.75 Å². The molecule has 0 radical (unpaired) electrons. The summed E-state index contributed by atoms with van der Waals surface area (Å²) in [4.78, 5) is 0. The van der Waals surface area contributed by atoms with Crippen molar-refractivity contribution in [3.8, 4) is 0 Å². The van der Waals surface area contributed by atoms with Crippen molar-refractivity contribution in [2.45, 2.75) is 32.7 Å². The standard InChI is InChI=1S/C8H19NO2S/c1-4-5-6-12(10,11)7-8(2)9-3/h8-9H,4-7H2,1-3H3. The monoisotopic (exact) mass is 193 g/mol. The minimum Gasteiger partial charge on any atom is -0.316 e. The maximum absolute atomic E-state index is 11.3. The molecule has 3 nitrogen and oxygen atoms in total. The fourth-order valence-corrected chi connectivity index (χ4v) is 2.74. The van der Waals surface area contributed by atoms with E-state index in [1.165, 1.54) is 0 Å². The Bertz CT molecular complexity index is 199. The molecule has 0 spiro atoms. The lowest BCUT2D eigenvalue weighted by Crippen LogP contribution is -2.31. The minimum absolute atomic E-state index is 0.0619. The Labute approximate surface area is 75.5 Å². The third-order valence-electron chi connectivity index (χ3n) is 1.81. The van der Waals surface area contributed by atoms with Crippen LogP contribution in [0.25, 0.3) is 0 Å². The molecule has 0 fully saturated rings. The third kappa shape index (κ3) is 5.55. The fourth-order valence-electron chi connectivity index (χ4n) is 0.912. The van der Waals surface area contributed by atoms with Crippen molar-refractivity contribution in [2.24, 2.45) is 0 Å². The van der Waals surface area contributed by atoms with Crippen LogP contribution in [-0.4, -0.2) is 33.0 Å². The molecule has 0 aromatic carbocycles. The molecule has 4 heteroatoms. The zero-order valence-electron chi connectivity index (χ0n) is 8.13. The van der Waals surface area contributed by atoms with Gasteiger partial charge in [-0.25, -0.2) is 8.42 Å². The van der Waals surface area contributed by atoms with Gasteiger partial charge in [-0.1, -0.05) is 13.3 Å². The van der Waals surface area contributed by atoms with E-state index in [1.807, 2.05) is 13.8 Å². The van der Waals surface area contributed by atoms with Gasteiger partial charge in [-0.15, -0.1) is 0 Å². The molecule has 0 aliphatic heterocycles. The molecule has 0 rings (SSSR count). The first kappa shape index (κ1) is 11.9. The zero-order valence-corrected chi connectivity index (χ0v) is 8.95. The topological polar surface area (TPSA) is 46.2 Å². The van der Waals surface area contributed by atoms with Gasteiger partial charge in [-0.3, -0.25) is 0 Å². The van der Waals surface area contributed by atoms with Crippen LogP contribution in [0.15, 0.2) is 0 Å². The van der Waals surface area contributed by atoms with E-state index in [2.05, 4.69) is 5.32 Å². The summed E-state index contributed by atoms with van der Waals surface area (Å²) in [5.74, 6) is 0.582. The van der Waals surface area contributed by atoms with Crippen LogP contribution in [-0.2, 0) is 9.84 Å². The quantitative estimate of drug-likeness (QED) is 0.679. The molecule has 1 atom stereocenters. The van der Waals surface area contributed by atoms with Gasteiger partial charge >= 0.3 is 0 Å². The van der Waals surface area contributed by atoms with Crippen LogP contribution in [0.5, 0.6) is 0 Å². The largest absolute Gasteiger partial charge is 0.316 e.